The van der Waals surface area contributed by atoms with Gasteiger partial charge in [0.2, 0.25) is 0 Å². The molecule has 0 radical (unpaired) electrons. The first-order valence-electron chi connectivity index (χ1n) is 35.9. The van der Waals surface area contributed by atoms with E-state index < -0.39 is 0 Å². The first kappa shape index (κ1) is 60.4. The molecule has 106 heavy (non-hydrogen) atoms. The second-order valence-electron chi connectivity index (χ2n) is 27.2. The summed E-state index contributed by atoms with van der Waals surface area (Å²) in [6, 6.07) is 124. The Morgan fingerprint density at radius 2 is 0.434 bits per heavy atom. The second kappa shape index (κ2) is 24.7. The largest absolute Gasteiger partial charge is 0.316 e. The molecule has 0 saturated carbocycles. The van der Waals surface area contributed by atoms with Gasteiger partial charge in [-0.15, -0.1) is 0 Å². The molecule has 2 aliphatic rings. The van der Waals surface area contributed by atoms with E-state index in [1.807, 2.05) is 121 Å². The van der Waals surface area contributed by atoms with E-state index in [1.165, 1.54) is 126 Å². The van der Waals surface area contributed by atoms with Crippen LogP contribution in [0.5, 0.6) is 0 Å². The van der Waals surface area contributed by atoms with E-state index in [-0.39, 0.29) is 0 Å². The van der Waals surface area contributed by atoms with Gasteiger partial charge in [0, 0.05) is 79.0 Å². The fourth-order valence-corrected chi connectivity index (χ4v) is 16.5. The molecule has 492 valence electrons. The van der Waals surface area contributed by atoms with E-state index in [0.29, 0.717) is 34.9 Å². The highest BCUT2D eigenvalue weighted by Gasteiger charge is 2.30. The molecule has 8 heteroatoms. The number of fused-ring (bicyclic) bond motifs is 20. The molecule has 0 unspecified atom stereocenters. The Morgan fingerprint density at radius 1 is 0.170 bits per heavy atom. The molecule has 0 atom stereocenters. The number of hydrogen-bond donors (Lipinski definition) is 0. The molecular formula is C98H60N8. The van der Waals surface area contributed by atoms with Gasteiger partial charge >= 0.3 is 0 Å². The molecule has 0 spiro atoms. The van der Waals surface area contributed by atoms with Gasteiger partial charge in [0.05, 0.1) is 11.0 Å². The molecule has 4 heterocycles. The summed E-state index contributed by atoms with van der Waals surface area (Å²) in [7, 11) is 0. The van der Waals surface area contributed by atoms with E-state index in [2.05, 4.69) is 252 Å². The van der Waals surface area contributed by atoms with Crippen LogP contribution in [-0.4, -0.2) is 39.0 Å². The zero-order valence-corrected chi connectivity index (χ0v) is 57.2. The summed E-state index contributed by atoms with van der Waals surface area (Å²) >= 11 is 0. The fourth-order valence-electron chi connectivity index (χ4n) is 16.5. The van der Waals surface area contributed by atoms with Crippen LogP contribution in [0.15, 0.2) is 364 Å². The van der Waals surface area contributed by atoms with Crippen molar-refractivity contribution < 1.29 is 0 Å². The van der Waals surface area contributed by atoms with Crippen LogP contribution in [0.3, 0.4) is 0 Å². The van der Waals surface area contributed by atoms with Crippen LogP contribution in [0.2, 0.25) is 0 Å². The molecule has 0 N–H and O–H groups in total. The molecule has 0 bridgehead atoms. The molecule has 8 nitrogen and oxygen atoms in total. The summed E-state index contributed by atoms with van der Waals surface area (Å²) in [5.41, 5.74) is 25.2. The maximum atomic E-state index is 5.03. The predicted molar refractivity (Wildman–Crippen MR) is 436 cm³/mol. The Labute approximate surface area is 610 Å². The van der Waals surface area contributed by atoms with Gasteiger partial charge in [-0.1, -0.05) is 303 Å². The number of aromatic nitrogens is 8. The van der Waals surface area contributed by atoms with Gasteiger partial charge in [0.25, 0.3) is 0 Å². The van der Waals surface area contributed by atoms with Crippen LogP contribution in [0.25, 0.3) is 211 Å². The molecule has 2 aliphatic carbocycles. The Bertz CT molecular complexity index is 6810. The number of benzene rings is 16. The highest BCUT2D eigenvalue weighted by atomic mass is 15.0. The van der Waals surface area contributed by atoms with Crippen LogP contribution >= 0.6 is 0 Å². The first-order chi connectivity index (χ1) is 52.6. The molecule has 0 fully saturated rings. The molecule has 0 saturated heterocycles. The minimum atomic E-state index is 0.635. The SMILES string of the molecule is c1ccc(-c2nc(-c3ccccc3)nc(-c3ccc(-n4cc5c6c(cccc64)-c4c(c6ccccc6c6ccccc46)-c4ccccc4-5)cc3)n2)cc1.c1ccc(-c2nc(-c3ccccc3)nc(-c3cccc(-n4cc5c6c(cccc64)-c4c(c6ccccc6c6ccccc46)-c4ccccc4-5)c3)n2)cc1. The van der Waals surface area contributed by atoms with Gasteiger partial charge < -0.3 is 9.13 Å². The average molecular weight is 1350 g/mol. The maximum absolute atomic E-state index is 5.03. The van der Waals surface area contributed by atoms with E-state index in [1.54, 1.807) is 0 Å². The number of nitrogens with zero attached hydrogens (tertiary/aromatic N) is 8. The minimum absolute atomic E-state index is 0.635. The van der Waals surface area contributed by atoms with Gasteiger partial charge in [0.15, 0.2) is 34.9 Å². The van der Waals surface area contributed by atoms with Crippen molar-refractivity contribution in [1.82, 2.24) is 39.0 Å². The topological polar surface area (TPSA) is 87.2 Å². The standard InChI is InChI=1S/2C49H30N4/c1-3-15-31(16-4-1)47-50-48(32-17-5-2-6-18-32)52-49(51-47)33-19-13-20-34(29-33)53-30-42-37-23-9-12-26-40(37)45-38-24-10-7-21-35(38)36-22-8-11-25-39(36)46(45)41-27-14-28-43(53)44(41)42;1-3-14-31(15-4-1)47-50-48(32-16-5-2-6-17-32)52-49(51-47)33-26-28-34(29-27-33)53-30-42-37-20-9-12-23-40(37)45-38-21-10-7-18-35(38)36-19-8-11-22-39(36)46(45)41-24-13-25-43(53)44(41)42/h2*1-30H. The lowest BCUT2D eigenvalue weighted by Gasteiger charge is -2.19. The smallest absolute Gasteiger partial charge is 0.164 e. The lowest BCUT2D eigenvalue weighted by molar-refractivity contribution is 1.07. The summed E-state index contributed by atoms with van der Waals surface area (Å²) in [4.78, 5) is 29.8. The summed E-state index contributed by atoms with van der Waals surface area (Å²) < 4.78 is 4.67. The van der Waals surface area contributed by atoms with Crippen LogP contribution in [-0.2, 0) is 0 Å². The lowest BCUT2D eigenvalue weighted by atomic mass is 9.85. The quantitative estimate of drug-likeness (QED) is 0.141. The van der Waals surface area contributed by atoms with Crippen molar-refractivity contribution in [3.8, 4) is 146 Å². The molecule has 0 aliphatic heterocycles. The molecule has 16 aromatic carbocycles. The van der Waals surface area contributed by atoms with Crippen LogP contribution in [0.4, 0.5) is 0 Å². The normalized spacial score (nSPS) is 11.8. The van der Waals surface area contributed by atoms with E-state index in [0.717, 1.165) is 50.3 Å². The Kier molecular flexibility index (Phi) is 14.1. The van der Waals surface area contributed by atoms with Crippen molar-refractivity contribution in [3.05, 3.63) is 364 Å². The van der Waals surface area contributed by atoms with Crippen LogP contribution in [0, 0.1) is 0 Å². The average Bonchev–Trinajstić information content (AvgIpc) is 1.52. The van der Waals surface area contributed by atoms with Crippen molar-refractivity contribution >= 4 is 64.9 Å². The Balaban J connectivity index is 0.000000136. The second-order valence-corrected chi connectivity index (χ2v) is 27.2. The van der Waals surface area contributed by atoms with Gasteiger partial charge in [-0.3, -0.25) is 0 Å². The Morgan fingerprint density at radius 3 is 0.802 bits per heavy atom. The van der Waals surface area contributed by atoms with Crippen molar-refractivity contribution in [3.63, 3.8) is 0 Å². The molecular weight excluding hydrogens is 1290 g/mol. The minimum Gasteiger partial charge on any atom is -0.316 e. The van der Waals surface area contributed by atoms with Gasteiger partial charge in [-0.2, -0.15) is 0 Å². The molecule has 4 aromatic heterocycles. The predicted octanol–water partition coefficient (Wildman–Crippen LogP) is 24.9. The molecule has 20 aromatic rings. The van der Waals surface area contributed by atoms with Gasteiger partial charge in [-0.05, 0) is 147 Å². The van der Waals surface area contributed by atoms with E-state index in [4.69, 9.17) is 29.9 Å². The highest BCUT2D eigenvalue weighted by molar-refractivity contribution is 6.29. The van der Waals surface area contributed by atoms with Crippen molar-refractivity contribution in [1.29, 1.82) is 0 Å². The van der Waals surface area contributed by atoms with Gasteiger partial charge in [0.1, 0.15) is 0 Å². The summed E-state index contributed by atoms with van der Waals surface area (Å²) in [5, 5.41) is 12.7. The summed E-state index contributed by atoms with van der Waals surface area (Å²) in [6.07, 6.45) is 4.64. The molecule has 0 amide bonds. The first-order valence-corrected chi connectivity index (χ1v) is 35.9. The van der Waals surface area contributed by atoms with Crippen molar-refractivity contribution in [2.75, 3.05) is 0 Å². The zero-order chi connectivity index (χ0) is 69.8. The van der Waals surface area contributed by atoms with Crippen molar-refractivity contribution in [2.45, 2.75) is 0 Å². The summed E-state index contributed by atoms with van der Waals surface area (Å²) in [5.74, 6) is 3.88. The van der Waals surface area contributed by atoms with Crippen molar-refractivity contribution in [2.24, 2.45) is 0 Å². The van der Waals surface area contributed by atoms with Crippen LogP contribution < -0.4 is 0 Å². The van der Waals surface area contributed by atoms with Gasteiger partial charge in [-0.25, -0.2) is 29.9 Å². The van der Waals surface area contributed by atoms with Crippen LogP contribution in [0.1, 0.15) is 0 Å². The van der Waals surface area contributed by atoms with E-state index in [9.17, 15) is 0 Å². The molecule has 22 rings (SSSR count). The highest BCUT2D eigenvalue weighted by Crippen LogP contribution is 2.56. The maximum Gasteiger partial charge on any atom is 0.164 e. The Hall–Kier alpha value is -14.3. The summed E-state index contributed by atoms with van der Waals surface area (Å²) in [6.45, 7) is 0. The third-order valence-electron chi connectivity index (χ3n) is 21.2. The third-order valence-corrected chi connectivity index (χ3v) is 21.2. The van der Waals surface area contributed by atoms with E-state index >= 15 is 0 Å². The third kappa shape index (κ3) is 9.84. The zero-order valence-electron chi connectivity index (χ0n) is 57.2. The number of hydrogen-bond acceptors (Lipinski definition) is 6. The number of rotatable bonds is 8. The monoisotopic (exact) mass is 1350 g/mol. The fraction of sp³-hybridized carbons (Fsp3) is 0. The lowest BCUT2D eigenvalue weighted by Crippen LogP contribution is -2.01.